The predicted octanol–water partition coefficient (Wildman–Crippen LogP) is 5.94. The highest BCUT2D eigenvalue weighted by Gasteiger charge is 2.04. The predicted molar refractivity (Wildman–Crippen MR) is 104 cm³/mol. The van der Waals surface area contributed by atoms with Gasteiger partial charge in [0.1, 0.15) is 5.75 Å². The highest BCUT2D eigenvalue weighted by molar-refractivity contribution is 7.99. The van der Waals surface area contributed by atoms with Crippen molar-refractivity contribution in [1.29, 1.82) is 0 Å². The van der Waals surface area contributed by atoms with Crippen LogP contribution in [0.4, 0.5) is 0 Å². The van der Waals surface area contributed by atoms with Crippen LogP contribution in [0.25, 0.3) is 6.08 Å². The molecule has 0 fully saturated rings. The average molecular weight is 327 g/mol. The molecule has 0 bridgehead atoms. The van der Waals surface area contributed by atoms with Gasteiger partial charge in [-0.25, -0.2) is 0 Å². The fraction of sp³-hybridized carbons (Fsp3) is 0.333. The third kappa shape index (κ3) is 6.15. The lowest BCUT2D eigenvalue weighted by atomic mass is 9.98. The molecule has 0 aliphatic heterocycles. The number of hydrogen-bond donors (Lipinski definition) is 0. The van der Waals surface area contributed by atoms with E-state index >= 15 is 0 Å². The minimum absolute atomic E-state index is 0.566. The van der Waals surface area contributed by atoms with Gasteiger partial charge in [-0.2, -0.15) is 11.8 Å². The maximum Gasteiger partial charge on any atom is 0.119 e. The van der Waals surface area contributed by atoms with E-state index in [1.165, 1.54) is 16.7 Å². The molecular formula is C21H26OS. The summed E-state index contributed by atoms with van der Waals surface area (Å²) in [5, 5.41) is 0. The van der Waals surface area contributed by atoms with Crippen molar-refractivity contribution < 1.29 is 4.74 Å². The van der Waals surface area contributed by atoms with Crippen molar-refractivity contribution in [2.75, 3.05) is 18.1 Å². The van der Waals surface area contributed by atoms with E-state index in [-0.39, 0.29) is 0 Å². The van der Waals surface area contributed by atoms with Crippen molar-refractivity contribution in [2.24, 2.45) is 0 Å². The smallest absolute Gasteiger partial charge is 0.119 e. The molecule has 0 N–H and O–H groups in total. The van der Waals surface area contributed by atoms with Gasteiger partial charge in [-0.05, 0) is 41.7 Å². The van der Waals surface area contributed by atoms with Crippen LogP contribution in [0.15, 0.2) is 54.6 Å². The summed E-state index contributed by atoms with van der Waals surface area (Å²) in [6, 6.07) is 16.8. The van der Waals surface area contributed by atoms with Gasteiger partial charge in [0.2, 0.25) is 0 Å². The Kier molecular flexibility index (Phi) is 7.28. The molecule has 2 rings (SSSR count). The Labute approximate surface area is 144 Å². The number of ether oxygens (including phenoxy) is 1. The third-order valence-electron chi connectivity index (χ3n) is 3.68. The van der Waals surface area contributed by atoms with Gasteiger partial charge in [0.25, 0.3) is 0 Å². The quantitative estimate of drug-likeness (QED) is 0.555. The van der Waals surface area contributed by atoms with Crippen molar-refractivity contribution >= 4 is 17.8 Å². The highest BCUT2D eigenvalue weighted by Crippen LogP contribution is 2.23. The fourth-order valence-electron chi connectivity index (χ4n) is 2.50. The van der Waals surface area contributed by atoms with Crippen molar-refractivity contribution in [3.05, 3.63) is 71.3 Å². The fourth-order valence-corrected chi connectivity index (χ4v) is 3.10. The van der Waals surface area contributed by atoms with E-state index in [0.29, 0.717) is 5.92 Å². The number of rotatable bonds is 8. The molecule has 0 atom stereocenters. The molecular weight excluding hydrogens is 300 g/mol. The van der Waals surface area contributed by atoms with Crippen molar-refractivity contribution in [3.63, 3.8) is 0 Å². The lowest BCUT2D eigenvalue weighted by molar-refractivity contribution is 0.343. The van der Waals surface area contributed by atoms with Crippen molar-refractivity contribution in [3.8, 4) is 5.75 Å². The van der Waals surface area contributed by atoms with E-state index < -0.39 is 0 Å². The van der Waals surface area contributed by atoms with Crippen LogP contribution >= 0.6 is 11.8 Å². The molecule has 0 saturated heterocycles. The number of hydrogen-bond acceptors (Lipinski definition) is 2. The molecule has 0 heterocycles. The zero-order valence-electron chi connectivity index (χ0n) is 14.3. The normalized spacial score (nSPS) is 11.3. The van der Waals surface area contributed by atoms with Gasteiger partial charge < -0.3 is 4.74 Å². The molecule has 2 aromatic carbocycles. The van der Waals surface area contributed by atoms with E-state index in [1.54, 1.807) is 0 Å². The molecule has 0 saturated carbocycles. The van der Waals surface area contributed by atoms with Crippen LogP contribution in [-0.2, 0) is 0 Å². The Hall–Kier alpha value is -1.67. The van der Waals surface area contributed by atoms with Crippen LogP contribution in [-0.4, -0.2) is 18.1 Å². The summed E-state index contributed by atoms with van der Waals surface area (Å²) in [5.74, 6) is 3.57. The first-order chi connectivity index (χ1) is 11.2. The minimum atomic E-state index is 0.566. The minimum Gasteiger partial charge on any atom is -0.493 e. The molecule has 0 amide bonds. The average Bonchev–Trinajstić information content (AvgIpc) is 2.54. The second kappa shape index (κ2) is 9.46. The Bertz CT molecular complexity index is 617. The second-order valence-corrected chi connectivity index (χ2v) is 7.06. The van der Waals surface area contributed by atoms with Gasteiger partial charge in [-0.3, -0.25) is 0 Å². The van der Waals surface area contributed by atoms with Crippen LogP contribution in [0.5, 0.6) is 5.75 Å². The number of aryl methyl sites for hydroxylation is 1. The molecule has 0 aliphatic rings. The van der Waals surface area contributed by atoms with Crippen LogP contribution < -0.4 is 4.74 Å². The van der Waals surface area contributed by atoms with Crippen molar-refractivity contribution in [1.82, 2.24) is 0 Å². The second-order valence-electron chi connectivity index (χ2n) is 5.91. The topological polar surface area (TPSA) is 9.23 Å². The van der Waals surface area contributed by atoms with E-state index in [4.69, 9.17) is 4.74 Å². The molecule has 2 aromatic rings. The summed E-state index contributed by atoms with van der Waals surface area (Å²) in [6.07, 6.45) is 4.38. The van der Waals surface area contributed by atoms with Gasteiger partial charge in [0.15, 0.2) is 0 Å². The Morgan fingerprint density at radius 2 is 1.87 bits per heavy atom. The molecule has 122 valence electrons. The lowest BCUT2D eigenvalue weighted by Crippen LogP contribution is -2.01. The molecule has 0 spiro atoms. The molecule has 0 unspecified atom stereocenters. The summed E-state index contributed by atoms with van der Waals surface area (Å²) in [5.41, 5.74) is 3.97. The first-order valence-corrected chi connectivity index (χ1v) is 9.35. The van der Waals surface area contributed by atoms with Crippen LogP contribution in [0.2, 0.25) is 0 Å². The van der Waals surface area contributed by atoms with E-state index in [1.807, 2.05) is 17.8 Å². The first-order valence-electron chi connectivity index (χ1n) is 8.19. The van der Waals surface area contributed by atoms with E-state index in [2.05, 4.69) is 75.4 Å². The van der Waals surface area contributed by atoms with E-state index in [0.717, 1.165) is 23.9 Å². The molecule has 2 heteroatoms. The lowest BCUT2D eigenvalue weighted by Gasteiger charge is -2.12. The van der Waals surface area contributed by atoms with Crippen molar-refractivity contribution in [2.45, 2.75) is 26.7 Å². The highest BCUT2D eigenvalue weighted by atomic mass is 32.2. The van der Waals surface area contributed by atoms with Gasteiger partial charge in [0, 0.05) is 11.5 Å². The zero-order valence-corrected chi connectivity index (χ0v) is 15.1. The third-order valence-corrected chi connectivity index (χ3v) is 4.57. The van der Waals surface area contributed by atoms with Gasteiger partial charge >= 0.3 is 0 Å². The van der Waals surface area contributed by atoms with E-state index in [9.17, 15) is 0 Å². The molecule has 0 aliphatic carbocycles. The summed E-state index contributed by atoms with van der Waals surface area (Å²) in [4.78, 5) is 0. The zero-order chi connectivity index (χ0) is 16.5. The Morgan fingerprint density at radius 3 is 2.57 bits per heavy atom. The monoisotopic (exact) mass is 326 g/mol. The van der Waals surface area contributed by atoms with Crippen LogP contribution in [0.3, 0.4) is 0 Å². The standard InChI is InChI=1S/C21H26OS/c1-17(2)21-12-11-20(16-18(21)3)22-13-15-23-14-7-10-19-8-5-4-6-9-19/h4-12,16-17H,13-15H2,1-3H3. The summed E-state index contributed by atoms with van der Waals surface area (Å²) in [7, 11) is 0. The first kappa shape index (κ1) is 17.7. The molecule has 0 radical (unpaired) electrons. The van der Waals surface area contributed by atoms with Crippen LogP contribution in [0.1, 0.15) is 36.5 Å². The summed E-state index contributed by atoms with van der Waals surface area (Å²) in [6.45, 7) is 7.36. The summed E-state index contributed by atoms with van der Waals surface area (Å²) < 4.78 is 5.84. The summed E-state index contributed by atoms with van der Waals surface area (Å²) >= 11 is 1.89. The SMILES string of the molecule is Cc1cc(OCCSCC=Cc2ccccc2)ccc1C(C)C. The van der Waals surface area contributed by atoms with Gasteiger partial charge in [-0.15, -0.1) is 0 Å². The van der Waals surface area contributed by atoms with Crippen LogP contribution in [0, 0.1) is 6.92 Å². The van der Waals surface area contributed by atoms with Gasteiger partial charge in [-0.1, -0.05) is 62.4 Å². The largest absolute Gasteiger partial charge is 0.493 e. The molecule has 23 heavy (non-hydrogen) atoms. The number of thioether (sulfide) groups is 1. The van der Waals surface area contributed by atoms with Gasteiger partial charge in [0.05, 0.1) is 6.61 Å². The Morgan fingerprint density at radius 1 is 1.09 bits per heavy atom. The molecule has 1 nitrogen and oxygen atoms in total. The Balaban J connectivity index is 1.66. The maximum atomic E-state index is 5.84. The number of benzene rings is 2. The molecule has 0 aromatic heterocycles. The maximum absolute atomic E-state index is 5.84.